The molecule has 0 spiro atoms. The lowest BCUT2D eigenvalue weighted by molar-refractivity contribution is -0.113. The van der Waals surface area contributed by atoms with Gasteiger partial charge in [-0.15, -0.1) is 0 Å². The summed E-state index contributed by atoms with van der Waals surface area (Å²) in [6.45, 7) is 3.66. The van der Waals surface area contributed by atoms with Crippen LogP contribution in [0.25, 0.3) is 11.5 Å². The second-order valence-electron chi connectivity index (χ2n) is 6.48. The van der Waals surface area contributed by atoms with Gasteiger partial charge < -0.3 is 5.32 Å². The Morgan fingerprint density at radius 1 is 1.21 bits per heavy atom. The highest BCUT2D eigenvalue weighted by atomic mass is 32.2. The van der Waals surface area contributed by atoms with E-state index in [1.54, 1.807) is 23.2 Å². The summed E-state index contributed by atoms with van der Waals surface area (Å²) >= 11 is 1.31. The molecule has 0 aliphatic carbocycles. The second-order valence-corrected chi connectivity index (χ2v) is 7.48. The van der Waals surface area contributed by atoms with E-state index in [0.29, 0.717) is 11.5 Å². The van der Waals surface area contributed by atoms with E-state index in [4.69, 9.17) is 0 Å². The van der Waals surface area contributed by atoms with Gasteiger partial charge in [-0.1, -0.05) is 30.0 Å². The number of nitrogens with zero attached hydrogens (tertiary/aromatic N) is 6. The van der Waals surface area contributed by atoms with Crippen molar-refractivity contribution in [2.75, 3.05) is 11.1 Å². The number of hydrogen-bond donors (Lipinski definition) is 1. The number of amides is 1. The van der Waals surface area contributed by atoms with Crippen molar-refractivity contribution in [2.45, 2.75) is 18.9 Å². The molecule has 10 heteroatoms. The summed E-state index contributed by atoms with van der Waals surface area (Å²) in [4.78, 5) is 33.8. The smallest absolute Gasteiger partial charge is 0.295 e. The number of hydrogen-bond acceptors (Lipinski definition) is 6. The molecule has 4 aromatic rings. The highest BCUT2D eigenvalue weighted by Crippen LogP contribution is 2.20. The number of carbonyl (C=O) groups is 1. The van der Waals surface area contributed by atoms with E-state index in [2.05, 4.69) is 20.4 Å². The van der Waals surface area contributed by atoms with Crippen LogP contribution in [0.15, 0.2) is 52.5 Å². The number of para-hydroxylation sites is 1. The van der Waals surface area contributed by atoms with Crippen LogP contribution in [0.4, 0.5) is 5.69 Å². The van der Waals surface area contributed by atoms with Crippen LogP contribution in [0.2, 0.25) is 0 Å². The number of thioether (sulfide) groups is 1. The van der Waals surface area contributed by atoms with Crippen LogP contribution in [0.5, 0.6) is 0 Å². The summed E-state index contributed by atoms with van der Waals surface area (Å²) in [6.07, 6.45) is 1.42. The van der Waals surface area contributed by atoms with Crippen LogP contribution in [-0.4, -0.2) is 40.6 Å². The van der Waals surface area contributed by atoms with Crippen LogP contribution >= 0.6 is 11.8 Å². The normalized spacial score (nSPS) is 11.1. The maximum Gasteiger partial charge on any atom is 0.295 e. The fourth-order valence-electron chi connectivity index (χ4n) is 3.03. The first-order valence-corrected chi connectivity index (χ1v) is 9.88. The number of carbonyl (C=O) groups excluding carboxylic acids is 1. The molecule has 1 aromatic carbocycles. The van der Waals surface area contributed by atoms with Gasteiger partial charge in [-0.25, -0.2) is 9.67 Å². The topological polar surface area (TPSA) is 99.1 Å². The fraction of sp³-hybridized carbons (Fsp3) is 0.211. The van der Waals surface area contributed by atoms with Crippen molar-refractivity contribution in [3.8, 4) is 5.69 Å². The Morgan fingerprint density at radius 3 is 2.72 bits per heavy atom. The summed E-state index contributed by atoms with van der Waals surface area (Å²) in [5, 5.41) is 7.65. The number of nitrogens with one attached hydrogen (secondary N) is 1. The zero-order chi connectivity index (χ0) is 20.5. The largest absolute Gasteiger partial charge is 0.319 e. The van der Waals surface area contributed by atoms with Gasteiger partial charge in [0.05, 0.1) is 17.1 Å². The third-order valence-electron chi connectivity index (χ3n) is 4.52. The van der Waals surface area contributed by atoms with E-state index in [-0.39, 0.29) is 22.9 Å². The average Bonchev–Trinajstić information content (AvgIpc) is 3.25. The fourth-order valence-corrected chi connectivity index (χ4v) is 3.88. The molecule has 3 heterocycles. The Balaban J connectivity index is 1.55. The van der Waals surface area contributed by atoms with Gasteiger partial charge in [0, 0.05) is 12.7 Å². The Labute approximate surface area is 170 Å². The van der Waals surface area contributed by atoms with Gasteiger partial charge >= 0.3 is 0 Å². The van der Waals surface area contributed by atoms with E-state index in [0.717, 1.165) is 16.4 Å². The molecule has 0 aliphatic heterocycles. The van der Waals surface area contributed by atoms with Gasteiger partial charge in [-0.3, -0.25) is 14.3 Å². The van der Waals surface area contributed by atoms with Crippen molar-refractivity contribution in [2.24, 2.45) is 7.05 Å². The van der Waals surface area contributed by atoms with E-state index in [9.17, 15) is 9.59 Å². The molecule has 148 valence electrons. The Hall–Kier alpha value is -3.40. The molecule has 0 saturated heterocycles. The summed E-state index contributed by atoms with van der Waals surface area (Å²) in [7, 11) is 1.79. The molecule has 0 atom stereocenters. The van der Waals surface area contributed by atoms with Crippen molar-refractivity contribution in [1.82, 2.24) is 28.9 Å². The summed E-state index contributed by atoms with van der Waals surface area (Å²) in [5.41, 5.74) is 2.21. The number of fused-ring (bicyclic) bond motifs is 1. The summed E-state index contributed by atoms with van der Waals surface area (Å²) < 4.78 is 4.84. The molecule has 0 bridgehead atoms. The molecule has 3 aromatic heterocycles. The van der Waals surface area contributed by atoms with Gasteiger partial charge in [0.1, 0.15) is 17.0 Å². The average molecular weight is 409 g/mol. The molecule has 0 radical (unpaired) electrons. The van der Waals surface area contributed by atoms with E-state index < -0.39 is 0 Å². The first kappa shape index (κ1) is 18.9. The SMILES string of the molecule is Cc1cc(SCC(=O)Nc2c(C)n(C)n(-c3ccccc3)c2=O)n2ncnc2n1. The van der Waals surface area contributed by atoms with E-state index in [1.165, 1.54) is 22.8 Å². The minimum absolute atomic E-state index is 0.123. The quantitative estimate of drug-likeness (QED) is 0.400. The third-order valence-corrected chi connectivity index (χ3v) is 5.51. The number of aromatic nitrogens is 6. The highest BCUT2D eigenvalue weighted by molar-refractivity contribution is 7.99. The van der Waals surface area contributed by atoms with Crippen molar-refractivity contribution in [3.05, 3.63) is 64.5 Å². The zero-order valence-corrected chi connectivity index (χ0v) is 17.0. The second kappa shape index (κ2) is 7.55. The van der Waals surface area contributed by atoms with Gasteiger partial charge in [-0.05, 0) is 32.0 Å². The number of aryl methyl sites for hydroxylation is 1. The van der Waals surface area contributed by atoms with Gasteiger partial charge in [0.15, 0.2) is 0 Å². The van der Waals surface area contributed by atoms with Gasteiger partial charge in [-0.2, -0.15) is 14.6 Å². The molecule has 0 fully saturated rings. The third kappa shape index (κ3) is 3.54. The van der Waals surface area contributed by atoms with Gasteiger partial charge in [0.25, 0.3) is 11.3 Å². The Morgan fingerprint density at radius 2 is 1.97 bits per heavy atom. The Kier molecular flexibility index (Phi) is 4.93. The maximum atomic E-state index is 12.9. The molecule has 1 amide bonds. The molecule has 0 aliphatic rings. The zero-order valence-electron chi connectivity index (χ0n) is 16.2. The van der Waals surface area contributed by atoms with Crippen LogP contribution in [-0.2, 0) is 11.8 Å². The minimum Gasteiger partial charge on any atom is -0.319 e. The van der Waals surface area contributed by atoms with Crippen LogP contribution in [0.1, 0.15) is 11.4 Å². The summed E-state index contributed by atoms with van der Waals surface area (Å²) in [6, 6.07) is 11.1. The lowest BCUT2D eigenvalue weighted by atomic mass is 10.3. The highest BCUT2D eigenvalue weighted by Gasteiger charge is 2.18. The predicted octanol–water partition coefficient (Wildman–Crippen LogP) is 1.96. The summed E-state index contributed by atoms with van der Waals surface area (Å²) in [5.74, 6) is 0.332. The van der Waals surface area contributed by atoms with Crippen LogP contribution < -0.4 is 10.9 Å². The minimum atomic E-state index is -0.274. The molecular weight excluding hydrogens is 390 g/mol. The van der Waals surface area contributed by atoms with Crippen molar-refractivity contribution in [1.29, 1.82) is 0 Å². The van der Waals surface area contributed by atoms with Crippen molar-refractivity contribution >= 4 is 29.1 Å². The Bertz CT molecular complexity index is 1260. The first-order chi connectivity index (χ1) is 14.0. The molecule has 1 N–H and O–H groups in total. The monoisotopic (exact) mass is 409 g/mol. The lowest BCUT2D eigenvalue weighted by Gasteiger charge is -2.07. The van der Waals surface area contributed by atoms with E-state index >= 15 is 0 Å². The maximum absolute atomic E-state index is 12.9. The number of anilines is 1. The molecule has 4 rings (SSSR count). The molecular formula is C19H19N7O2S. The van der Waals surface area contributed by atoms with Crippen molar-refractivity contribution < 1.29 is 4.79 Å². The van der Waals surface area contributed by atoms with E-state index in [1.807, 2.05) is 43.3 Å². The standard InChI is InChI=1S/C19H19N7O2S/c1-12-9-16(25-19(22-12)20-11-21-25)29-10-15(27)23-17-13(2)24(3)26(18(17)28)14-7-5-4-6-8-14/h4-9,11H,10H2,1-3H3,(H,23,27). The molecule has 9 nitrogen and oxygen atoms in total. The number of benzene rings is 1. The molecule has 0 unspecified atom stereocenters. The predicted molar refractivity (Wildman–Crippen MR) is 111 cm³/mol. The number of rotatable bonds is 5. The molecule has 29 heavy (non-hydrogen) atoms. The molecule has 0 saturated carbocycles. The van der Waals surface area contributed by atoms with Crippen molar-refractivity contribution in [3.63, 3.8) is 0 Å². The van der Waals surface area contributed by atoms with Gasteiger partial charge in [0.2, 0.25) is 5.91 Å². The van der Waals surface area contributed by atoms with Crippen LogP contribution in [0.3, 0.4) is 0 Å². The first-order valence-electron chi connectivity index (χ1n) is 8.90. The van der Waals surface area contributed by atoms with Crippen LogP contribution in [0, 0.1) is 13.8 Å². The lowest BCUT2D eigenvalue weighted by Crippen LogP contribution is -2.23.